The minimum absolute atomic E-state index is 0.0977. The van der Waals surface area contributed by atoms with E-state index in [0.717, 1.165) is 23.3 Å². The standard InChI is InChI=1S/C14H15N3OS/c18-14(15-11-8-4-5-9-11)12-13(19-17-16-12)10-6-2-1-3-7-10/h1-3,6-7,11H,4-5,8-9H2,(H,15,18). The van der Waals surface area contributed by atoms with Crippen molar-refractivity contribution in [3.05, 3.63) is 36.0 Å². The number of benzene rings is 1. The highest BCUT2D eigenvalue weighted by molar-refractivity contribution is 7.09. The van der Waals surface area contributed by atoms with E-state index in [1.54, 1.807) is 0 Å². The molecule has 0 saturated heterocycles. The van der Waals surface area contributed by atoms with Crippen LogP contribution in [0.5, 0.6) is 0 Å². The Labute approximate surface area is 116 Å². The maximum absolute atomic E-state index is 12.2. The van der Waals surface area contributed by atoms with Crippen LogP contribution in [0.3, 0.4) is 0 Å². The zero-order valence-electron chi connectivity index (χ0n) is 10.5. The van der Waals surface area contributed by atoms with Crippen molar-refractivity contribution >= 4 is 17.4 Å². The number of nitrogens with zero attached hydrogens (tertiary/aromatic N) is 2. The van der Waals surface area contributed by atoms with Crippen LogP contribution in [0.2, 0.25) is 0 Å². The molecule has 3 rings (SSSR count). The van der Waals surface area contributed by atoms with Crippen molar-refractivity contribution in [2.75, 3.05) is 0 Å². The van der Waals surface area contributed by atoms with Crippen LogP contribution in [-0.4, -0.2) is 21.5 Å². The average molecular weight is 273 g/mol. The van der Waals surface area contributed by atoms with Gasteiger partial charge in [0.2, 0.25) is 0 Å². The molecule has 0 bridgehead atoms. The average Bonchev–Trinajstić information content (AvgIpc) is 3.10. The summed E-state index contributed by atoms with van der Waals surface area (Å²) in [6.07, 6.45) is 4.55. The summed E-state index contributed by atoms with van der Waals surface area (Å²) in [5.74, 6) is -0.0977. The third kappa shape index (κ3) is 2.66. The molecule has 1 aliphatic rings. The summed E-state index contributed by atoms with van der Waals surface area (Å²) >= 11 is 1.27. The van der Waals surface area contributed by atoms with Crippen molar-refractivity contribution in [1.82, 2.24) is 14.9 Å². The Bertz CT molecular complexity index is 561. The molecule has 1 fully saturated rings. The highest BCUT2D eigenvalue weighted by Gasteiger charge is 2.22. The molecule has 1 aromatic carbocycles. The lowest BCUT2D eigenvalue weighted by molar-refractivity contribution is 0.0933. The molecule has 1 aromatic heterocycles. The van der Waals surface area contributed by atoms with Gasteiger partial charge in [-0.1, -0.05) is 47.7 Å². The van der Waals surface area contributed by atoms with Gasteiger partial charge in [0.25, 0.3) is 5.91 Å². The van der Waals surface area contributed by atoms with Crippen molar-refractivity contribution in [2.24, 2.45) is 0 Å². The SMILES string of the molecule is O=C(NC1CCCC1)c1nnsc1-c1ccccc1. The van der Waals surface area contributed by atoms with Crippen LogP contribution < -0.4 is 5.32 Å². The predicted octanol–water partition coefficient (Wildman–Crippen LogP) is 2.88. The zero-order chi connectivity index (χ0) is 13.1. The number of carbonyl (C=O) groups is 1. The molecule has 1 heterocycles. The summed E-state index contributed by atoms with van der Waals surface area (Å²) in [7, 11) is 0. The summed E-state index contributed by atoms with van der Waals surface area (Å²) in [5, 5.41) is 7.05. The molecule has 1 aliphatic carbocycles. The third-order valence-corrected chi connectivity index (χ3v) is 4.20. The Balaban J connectivity index is 1.81. The van der Waals surface area contributed by atoms with E-state index < -0.39 is 0 Å². The molecular weight excluding hydrogens is 258 g/mol. The van der Waals surface area contributed by atoms with Crippen LogP contribution in [-0.2, 0) is 0 Å². The molecule has 1 saturated carbocycles. The van der Waals surface area contributed by atoms with Crippen LogP contribution in [0.25, 0.3) is 10.4 Å². The number of aromatic nitrogens is 2. The van der Waals surface area contributed by atoms with Crippen LogP contribution in [0.15, 0.2) is 30.3 Å². The monoisotopic (exact) mass is 273 g/mol. The van der Waals surface area contributed by atoms with Gasteiger partial charge in [0.15, 0.2) is 5.69 Å². The van der Waals surface area contributed by atoms with E-state index >= 15 is 0 Å². The Hall–Kier alpha value is -1.75. The largest absolute Gasteiger partial charge is 0.348 e. The first-order valence-corrected chi connectivity index (χ1v) is 7.30. The lowest BCUT2D eigenvalue weighted by Crippen LogP contribution is -2.33. The normalized spacial score (nSPS) is 15.6. The van der Waals surface area contributed by atoms with Gasteiger partial charge >= 0.3 is 0 Å². The van der Waals surface area contributed by atoms with E-state index in [1.165, 1.54) is 24.4 Å². The van der Waals surface area contributed by atoms with Gasteiger partial charge in [0, 0.05) is 6.04 Å². The second kappa shape index (κ2) is 5.48. The summed E-state index contributed by atoms with van der Waals surface area (Å²) in [6.45, 7) is 0. The van der Waals surface area contributed by atoms with Crippen molar-refractivity contribution in [2.45, 2.75) is 31.7 Å². The summed E-state index contributed by atoms with van der Waals surface area (Å²) < 4.78 is 3.92. The highest BCUT2D eigenvalue weighted by Crippen LogP contribution is 2.26. The second-order valence-corrected chi connectivity index (χ2v) is 5.53. The smallest absolute Gasteiger partial charge is 0.273 e. The highest BCUT2D eigenvalue weighted by atomic mass is 32.1. The molecule has 19 heavy (non-hydrogen) atoms. The van der Waals surface area contributed by atoms with E-state index in [2.05, 4.69) is 14.9 Å². The maximum atomic E-state index is 12.2. The summed E-state index contributed by atoms with van der Waals surface area (Å²) in [5.41, 5.74) is 1.44. The van der Waals surface area contributed by atoms with Gasteiger partial charge in [-0.3, -0.25) is 4.79 Å². The number of hydrogen-bond acceptors (Lipinski definition) is 4. The number of rotatable bonds is 3. The molecule has 0 atom stereocenters. The van der Waals surface area contributed by atoms with Crippen LogP contribution in [0.1, 0.15) is 36.2 Å². The van der Waals surface area contributed by atoms with E-state index in [-0.39, 0.29) is 5.91 Å². The van der Waals surface area contributed by atoms with E-state index in [9.17, 15) is 4.79 Å². The van der Waals surface area contributed by atoms with Crippen LogP contribution in [0.4, 0.5) is 0 Å². The number of carbonyl (C=O) groups excluding carboxylic acids is 1. The molecule has 98 valence electrons. The van der Waals surface area contributed by atoms with Gasteiger partial charge in [-0.15, -0.1) is 5.10 Å². The molecular formula is C14H15N3OS. The lowest BCUT2D eigenvalue weighted by atomic mass is 10.1. The molecule has 4 nitrogen and oxygen atoms in total. The molecule has 1 amide bonds. The topological polar surface area (TPSA) is 54.9 Å². The van der Waals surface area contributed by atoms with Gasteiger partial charge < -0.3 is 5.32 Å². The molecule has 0 spiro atoms. The number of nitrogens with one attached hydrogen (secondary N) is 1. The fourth-order valence-corrected chi connectivity index (χ4v) is 3.11. The minimum atomic E-state index is -0.0977. The Morgan fingerprint density at radius 2 is 1.95 bits per heavy atom. The zero-order valence-corrected chi connectivity index (χ0v) is 11.3. The van der Waals surface area contributed by atoms with Gasteiger partial charge in [-0.2, -0.15) is 0 Å². The van der Waals surface area contributed by atoms with Gasteiger partial charge in [-0.05, 0) is 29.9 Å². The van der Waals surface area contributed by atoms with Crippen molar-refractivity contribution in [3.63, 3.8) is 0 Å². The molecule has 0 unspecified atom stereocenters. The Morgan fingerprint density at radius 1 is 1.21 bits per heavy atom. The van der Waals surface area contributed by atoms with Gasteiger partial charge in [0.05, 0.1) is 4.88 Å². The van der Waals surface area contributed by atoms with Crippen LogP contribution >= 0.6 is 11.5 Å². The van der Waals surface area contributed by atoms with E-state index in [4.69, 9.17) is 0 Å². The van der Waals surface area contributed by atoms with Crippen molar-refractivity contribution in [3.8, 4) is 10.4 Å². The first-order chi connectivity index (χ1) is 9.34. The van der Waals surface area contributed by atoms with E-state index in [1.807, 2.05) is 30.3 Å². The van der Waals surface area contributed by atoms with E-state index in [0.29, 0.717) is 11.7 Å². The van der Waals surface area contributed by atoms with Crippen molar-refractivity contribution in [1.29, 1.82) is 0 Å². The summed E-state index contributed by atoms with van der Waals surface area (Å²) in [6, 6.07) is 10.1. The third-order valence-electron chi connectivity index (χ3n) is 3.43. The fourth-order valence-electron chi connectivity index (χ4n) is 2.44. The van der Waals surface area contributed by atoms with Gasteiger partial charge in [-0.25, -0.2) is 0 Å². The second-order valence-electron chi connectivity index (χ2n) is 4.77. The quantitative estimate of drug-likeness (QED) is 0.935. The Kier molecular flexibility index (Phi) is 3.55. The lowest BCUT2D eigenvalue weighted by Gasteiger charge is -2.10. The van der Waals surface area contributed by atoms with Crippen LogP contribution in [0, 0.1) is 0 Å². The molecule has 0 radical (unpaired) electrons. The van der Waals surface area contributed by atoms with Crippen molar-refractivity contribution < 1.29 is 4.79 Å². The first-order valence-electron chi connectivity index (χ1n) is 6.53. The maximum Gasteiger partial charge on any atom is 0.273 e. The molecule has 5 heteroatoms. The molecule has 2 aromatic rings. The molecule has 0 aliphatic heterocycles. The summed E-state index contributed by atoms with van der Waals surface area (Å²) in [4.78, 5) is 13.1. The minimum Gasteiger partial charge on any atom is -0.348 e. The van der Waals surface area contributed by atoms with Gasteiger partial charge in [0.1, 0.15) is 0 Å². The Morgan fingerprint density at radius 3 is 2.68 bits per heavy atom. The number of hydrogen-bond donors (Lipinski definition) is 1. The fraction of sp³-hybridized carbons (Fsp3) is 0.357. The number of amides is 1. The first kappa shape index (κ1) is 12.3. The molecule has 1 N–H and O–H groups in total. The predicted molar refractivity (Wildman–Crippen MR) is 75.1 cm³/mol.